The fourth-order valence-electron chi connectivity index (χ4n) is 2.26. The lowest BCUT2D eigenvalue weighted by molar-refractivity contribution is -0.148. The molecule has 3 nitrogen and oxygen atoms in total. The lowest BCUT2D eigenvalue weighted by Crippen LogP contribution is -2.58. The van der Waals surface area contributed by atoms with Gasteiger partial charge in [0.2, 0.25) is 0 Å². The Bertz CT molecular complexity index is 227. The van der Waals surface area contributed by atoms with E-state index in [1.165, 1.54) is 0 Å². The molecule has 0 aliphatic heterocycles. The molecule has 0 aromatic rings. The molecule has 14 heavy (non-hydrogen) atoms. The fourth-order valence-corrected chi connectivity index (χ4v) is 2.26. The first-order chi connectivity index (χ1) is 6.63. The average molecular weight is 197 g/mol. The van der Waals surface area contributed by atoms with Crippen LogP contribution in [0.3, 0.4) is 0 Å². The number of rotatable bonds is 4. The molecule has 3 heteroatoms. The maximum atomic E-state index is 11.3. The predicted molar refractivity (Wildman–Crippen MR) is 56.2 cm³/mol. The number of carboxylic acid groups (broad SMARTS) is 1. The van der Waals surface area contributed by atoms with Crippen molar-refractivity contribution in [3.05, 3.63) is 12.7 Å². The van der Waals surface area contributed by atoms with Gasteiger partial charge in [-0.05, 0) is 18.8 Å². The zero-order chi connectivity index (χ0) is 10.6. The molecule has 0 amide bonds. The normalized spacial score (nSPS) is 32.5. The van der Waals surface area contributed by atoms with Crippen LogP contribution in [0.5, 0.6) is 0 Å². The Morgan fingerprint density at radius 3 is 2.93 bits per heavy atom. The number of hydrogen-bond donors (Lipinski definition) is 2. The van der Waals surface area contributed by atoms with E-state index in [4.69, 9.17) is 0 Å². The zero-order valence-corrected chi connectivity index (χ0v) is 8.75. The van der Waals surface area contributed by atoms with Crippen molar-refractivity contribution in [1.29, 1.82) is 0 Å². The Labute approximate surface area is 85.2 Å². The first kappa shape index (κ1) is 11.2. The number of carbonyl (C=O) groups is 1. The molecular formula is C11H19NO2. The van der Waals surface area contributed by atoms with Crippen molar-refractivity contribution in [3.8, 4) is 0 Å². The number of nitrogens with one attached hydrogen (secondary N) is 1. The van der Waals surface area contributed by atoms with Crippen molar-refractivity contribution >= 4 is 5.97 Å². The fraction of sp³-hybridized carbons (Fsp3) is 0.727. The van der Waals surface area contributed by atoms with E-state index in [2.05, 4.69) is 11.9 Å². The Kier molecular flexibility index (Phi) is 3.69. The van der Waals surface area contributed by atoms with E-state index < -0.39 is 11.5 Å². The monoisotopic (exact) mass is 197 g/mol. The molecule has 0 heterocycles. The summed E-state index contributed by atoms with van der Waals surface area (Å²) in [7, 11) is 0. The summed E-state index contributed by atoms with van der Waals surface area (Å²) in [4.78, 5) is 11.3. The van der Waals surface area contributed by atoms with Gasteiger partial charge in [-0.1, -0.05) is 25.8 Å². The van der Waals surface area contributed by atoms with E-state index in [9.17, 15) is 9.90 Å². The van der Waals surface area contributed by atoms with Crippen LogP contribution in [-0.2, 0) is 4.79 Å². The summed E-state index contributed by atoms with van der Waals surface area (Å²) in [6, 6.07) is 0. The van der Waals surface area contributed by atoms with Crippen molar-refractivity contribution in [2.24, 2.45) is 5.92 Å². The van der Waals surface area contributed by atoms with Gasteiger partial charge in [0.25, 0.3) is 0 Å². The lowest BCUT2D eigenvalue weighted by atomic mass is 9.73. The van der Waals surface area contributed by atoms with Crippen molar-refractivity contribution in [2.75, 3.05) is 6.54 Å². The summed E-state index contributed by atoms with van der Waals surface area (Å²) in [5, 5.41) is 12.4. The molecular weight excluding hydrogens is 178 g/mol. The standard InChI is InChI=1S/C11H19NO2/c1-3-8-12-11(10(13)14)7-5-4-6-9(11)2/h3,9,12H,1,4-8H2,2H3,(H,13,14). The molecule has 80 valence electrons. The van der Waals surface area contributed by atoms with Gasteiger partial charge in [-0.2, -0.15) is 0 Å². The second-order valence-corrected chi connectivity index (χ2v) is 4.09. The van der Waals surface area contributed by atoms with Gasteiger partial charge in [-0.15, -0.1) is 6.58 Å². The largest absolute Gasteiger partial charge is 0.480 e. The Balaban J connectivity index is 2.77. The molecule has 0 saturated heterocycles. The minimum absolute atomic E-state index is 0.202. The molecule has 1 saturated carbocycles. The molecule has 0 radical (unpaired) electrons. The van der Waals surface area contributed by atoms with Gasteiger partial charge in [-0.3, -0.25) is 10.1 Å². The third-order valence-corrected chi connectivity index (χ3v) is 3.24. The van der Waals surface area contributed by atoms with Gasteiger partial charge in [0.05, 0.1) is 0 Å². The summed E-state index contributed by atoms with van der Waals surface area (Å²) in [5.74, 6) is -0.514. The smallest absolute Gasteiger partial charge is 0.324 e. The maximum absolute atomic E-state index is 11.3. The molecule has 1 rings (SSSR count). The number of carboxylic acids is 1. The van der Waals surface area contributed by atoms with Crippen LogP contribution in [0.4, 0.5) is 0 Å². The average Bonchev–Trinajstić information content (AvgIpc) is 2.16. The van der Waals surface area contributed by atoms with Crippen molar-refractivity contribution in [3.63, 3.8) is 0 Å². The van der Waals surface area contributed by atoms with Crippen LogP contribution in [-0.4, -0.2) is 23.2 Å². The summed E-state index contributed by atoms with van der Waals surface area (Å²) >= 11 is 0. The Morgan fingerprint density at radius 2 is 2.43 bits per heavy atom. The number of hydrogen-bond acceptors (Lipinski definition) is 2. The molecule has 1 fully saturated rings. The molecule has 0 aromatic carbocycles. The third kappa shape index (κ3) is 1.98. The zero-order valence-electron chi connectivity index (χ0n) is 8.75. The van der Waals surface area contributed by atoms with Crippen LogP contribution in [0.2, 0.25) is 0 Å². The van der Waals surface area contributed by atoms with E-state index in [-0.39, 0.29) is 5.92 Å². The minimum atomic E-state index is -0.716. The van der Waals surface area contributed by atoms with Gasteiger partial charge < -0.3 is 5.11 Å². The SMILES string of the molecule is C=CCNC1(C(=O)O)CCCCC1C. The first-order valence-corrected chi connectivity index (χ1v) is 5.23. The molecule has 2 N–H and O–H groups in total. The van der Waals surface area contributed by atoms with Crippen LogP contribution in [0.15, 0.2) is 12.7 Å². The van der Waals surface area contributed by atoms with Crippen LogP contribution >= 0.6 is 0 Å². The highest BCUT2D eigenvalue weighted by Gasteiger charge is 2.44. The third-order valence-electron chi connectivity index (χ3n) is 3.24. The summed E-state index contributed by atoms with van der Waals surface area (Å²) in [5.41, 5.74) is -0.716. The summed E-state index contributed by atoms with van der Waals surface area (Å²) < 4.78 is 0. The molecule has 0 bridgehead atoms. The highest BCUT2D eigenvalue weighted by atomic mass is 16.4. The topological polar surface area (TPSA) is 49.3 Å². The van der Waals surface area contributed by atoms with Gasteiger partial charge >= 0.3 is 5.97 Å². The van der Waals surface area contributed by atoms with Gasteiger partial charge in [0.15, 0.2) is 0 Å². The molecule has 2 unspecified atom stereocenters. The highest BCUT2D eigenvalue weighted by molar-refractivity contribution is 5.79. The van der Waals surface area contributed by atoms with Gasteiger partial charge in [0, 0.05) is 6.54 Å². The van der Waals surface area contributed by atoms with Gasteiger partial charge in [-0.25, -0.2) is 0 Å². The van der Waals surface area contributed by atoms with Crippen molar-refractivity contribution < 1.29 is 9.90 Å². The summed E-state index contributed by atoms with van der Waals surface area (Å²) in [6.07, 6.45) is 5.59. The van der Waals surface area contributed by atoms with Gasteiger partial charge in [0.1, 0.15) is 5.54 Å². The first-order valence-electron chi connectivity index (χ1n) is 5.23. The quantitative estimate of drug-likeness (QED) is 0.676. The molecule has 1 aliphatic carbocycles. The van der Waals surface area contributed by atoms with Crippen LogP contribution in [0, 0.1) is 5.92 Å². The summed E-state index contributed by atoms with van der Waals surface area (Å²) in [6.45, 7) is 6.19. The van der Waals surface area contributed by atoms with Crippen molar-refractivity contribution in [2.45, 2.75) is 38.1 Å². The second-order valence-electron chi connectivity index (χ2n) is 4.09. The van der Waals surface area contributed by atoms with Crippen LogP contribution in [0.1, 0.15) is 32.6 Å². The molecule has 0 spiro atoms. The van der Waals surface area contributed by atoms with E-state index in [0.717, 1.165) is 25.7 Å². The number of aliphatic carboxylic acids is 1. The Morgan fingerprint density at radius 1 is 1.71 bits per heavy atom. The lowest BCUT2D eigenvalue weighted by Gasteiger charge is -2.39. The van der Waals surface area contributed by atoms with E-state index in [0.29, 0.717) is 6.54 Å². The van der Waals surface area contributed by atoms with Crippen LogP contribution < -0.4 is 5.32 Å². The maximum Gasteiger partial charge on any atom is 0.324 e. The highest BCUT2D eigenvalue weighted by Crippen LogP contribution is 2.33. The van der Waals surface area contributed by atoms with E-state index >= 15 is 0 Å². The predicted octanol–water partition coefficient (Wildman–Crippen LogP) is 1.80. The van der Waals surface area contributed by atoms with E-state index in [1.54, 1.807) is 6.08 Å². The van der Waals surface area contributed by atoms with Crippen LogP contribution in [0.25, 0.3) is 0 Å². The van der Waals surface area contributed by atoms with E-state index in [1.807, 2.05) is 6.92 Å². The Hall–Kier alpha value is -0.830. The van der Waals surface area contributed by atoms with Crippen molar-refractivity contribution in [1.82, 2.24) is 5.32 Å². The molecule has 2 atom stereocenters. The molecule has 0 aromatic heterocycles. The minimum Gasteiger partial charge on any atom is -0.480 e. The molecule has 1 aliphatic rings. The second kappa shape index (κ2) is 4.60.